The first-order valence-electron chi connectivity index (χ1n) is 14.6. The maximum absolute atomic E-state index is 12.3. The first-order valence-corrected chi connectivity index (χ1v) is 15.0. The van der Waals surface area contributed by atoms with Gasteiger partial charge < -0.3 is 28.5 Å². The van der Waals surface area contributed by atoms with Gasteiger partial charge in [0, 0.05) is 18.9 Å². The molecule has 2 atom stereocenters. The van der Waals surface area contributed by atoms with E-state index in [2.05, 4.69) is 24.3 Å². The predicted octanol–water partition coefficient (Wildman–Crippen LogP) is 7.58. The third-order valence-electron chi connectivity index (χ3n) is 6.92. The van der Waals surface area contributed by atoms with E-state index in [1.54, 1.807) is 32.9 Å². The summed E-state index contributed by atoms with van der Waals surface area (Å²) in [6.45, 7) is 8.53. The molecule has 2 unspecified atom stereocenters. The maximum Gasteiger partial charge on any atom is 0.528 e. The van der Waals surface area contributed by atoms with Crippen molar-refractivity contribution in [3.05, 3.63) is 94.5 Å². The molecule has 0 aliphatic carbocycles. The molecular weight excluding hydrogens is 570 g/mol. The lowest BCUT2D eigenvalue weighted by atomic mass is 9.87. The Bertz CT molecular complexity index is 1280. The first kappa shape index (κ1) is 32.6. The monoisotopic (exact) mass is 611 g/mol. The highest BCUT2D eigenvalue weighted by molar-refractivity contribution is 6.32. The molecule has 1 aliphatic rings. The van der Waals surface area contributed by atoms with Crippen LogP contribution >= 0.6 is 11.6 Å². The summed E-state index contributed by atoms with van der Waals surface area (Å²) < 4.78 is 28.7. The van der Waals surface area contributed by atoms with E-state index in [4.69, 9.17) is 40.1 Å². The zero-order chi connectivity index (χ0) is 30.7. The summed E-state index contributed by atoms with van der Waals surface area (Å²) in [6.07, 6.45) is 0.565. The van der Waals surface area contributed by atoms with Gasteiger partial charge in [-0.25, -0.2) is 4.79 Å². The number of ether oxygens (including phenoxy) is 5. The number of benzene rings is 3. The van der Waals surface area contributed by atoms with Crippen molar-refractivity contribution in [1.29, 1.82) is 0 Å². The van der Waals surface area contributed by atoms with Crippen molar-refractivity contribution in [3.63, 3.8) is 0 Å². The van der Waals surface area contributed by atoms with Gasteiger partial charge in [-0.3, -0.25) is 0 Å². The molecule has 4 rings (SSSR count). The van der Waals surface area contributed by atoms with Crippen molar-refractivity contribution in [2.75, 3.05) is 33.4 Å². The van der Waals surface area contributed by atoms with Crippen molar-refractivity contribution in [1.82, 2.24) is 5.06 Å². The van der Waals surface area contributed by atoms with E-state index in [1.165, 1.54) is 0 Å². The van der Waals surface area contributed by atoms with Gasteiger partial charge in [-0.05, 0) is 68.1 Å². The molecule has 0 radical (unpaired) electrons. The average Bonchev–Trinajstić information content (AvgIpc) is 2.98. The number of rotatable bonds is 13. The van der Waals surface area contributed by atoms with E-state index in [-0.39, 0.29) is 12.0 Å². The lowest BCUT2D eigenvalue weighted by Gasteiger charge is -2.37. The average molecular weight is 612 g/mol. The molecule has 1 saturated heterocycles. The van der Waals surface area contributed by atoms with Gasteiger partial charge in [0.05, 0.1) is 51.2 Å². The molecule has 0 N–H and O–H groups in total. The summed E-state index contributed by atoms with van der Waals surface area (Å²) in [7, 11) is 1.58. The number of hydrogen-bond donors (Lipinski definition) is 0. The van der Waals surface area contributed by atoms with Gasteiger partial charge in [-0.1, -0.05) is 60.1 Å². The molecule has 0 amide bonds. The van der Waals surface area contributed by atoms with E-state index in [0.29, 0.717) is 50.3 Å². The fraction of sp³-hybridized carbons (Fsp3) is 0.441. The van der Waals surface area contributed by atoms with Gasteiger partial charge in [0.2, 0.25) is 0 Å². The fourth-order valence-corrected chi connectivity index (χ4v) is 5.11. The standard InChI is InChI=1S/C34H42ClNO7/c1-34(2,3)42-33(37)43-36-18-17-29(32(22-36)41-24-26-11-16-31(38-4)30(35)21-26)27-12-14-28(15-13-27)40-20-8-19-39-23-25-9-6-5-7-10-25/h5-7,9-16,21,29,32H,8,17-20,22-24H2,1-4H3. The van der Waals surface area contributed by atoms with Gasteiger partial charge >= 0.3 is 6.16 Å². The number of hydroxylamine groups is 2. The highest BCUT2D eigenvalue weighted by Crippen LogP contribution is 2.33. The van der Waals surface area contributed by atoms with Crippen LogP contribution in [0.15, 0.2) is 72.8 Å². The Morgan fingerprint density at radius 1 is 0.953 bits per heavy atom. The number of carbonyl (C=O) groups is 1. The van der Waals surface area contributed by atoms with Crippen LogP contribution in [0.5, 0.6) is 11.5 Å². The molecule has 1 heterocycles. The van der Waals surface area contributed by atoms with Gasteiger partial charge in [0.15, 0.2) is 0 Å². The fourth-order valence-electron chi connectivity index (χ4n) is 4.82. The molecule has 0 spiro atoms. The Morgan fingerprint density at radius 2 is 1.72 bits per heavy atom. The van der Waals surface area contributed by atoms with Crippen molar-refractivity contribution >= 4 is 17.8 Å². The molecule has 9 heteroatoms. The van der Waals surface area contributed by atoms with E-state index in [9.17, 15) is 4.79 Å². The summed E-state index contributed by atoms with van der Waals surface area (Å²) in [5.41, 5.74) is 2.58. The molecule has 1 aliphatic heterocycles. The Kier molecular flexibility index (Phi) is 12.1. The molecule has 0 aromatic heterocycles. The zero-order valence-corrected chi connectivity index (χ0v) is 26.2. The van der Waals surface area contributed by atoms with Crippen LogP contribution in [0.2, 0.25) is 5.02 Å². The second-order valence-electron chi connectivity index (χ2n) is 11.5. The number of halogens is 1. The van der Waals surface area contributed by atoms with Gasteiger partial charge in [-0.2, -0.15) is 0 Å². The Morgan fingerprint density at radius 3 is 2.42 bits per heavy atom. The number of piperidine rings is 1. The van der Waals surface area contributed by atoms with Crippen LogP contribution < -0.4 is 9.47 Å². The molecular formula is C34H42ClNO7. The topological polar surface area (TPSA) is 75.7 Å². The highest BCUT2D eigenvalue weighted by Gasteiger charge is 2.34. The van der Waals surface area contributed by atoms with Crippen molar-refractivity contribution in [3.8, 4) is 11.5 Å². The van der Waals surface area contributed by atoms with E-state index >= 15 is 0 Å². The highest BCUT2D eigenvalue weighted by atomic mass is 35.5. The largest absolute Gasteiger partial charge is 0.528 e. The molecule has 232 valence electrons. The third kappa shape index (κ3) is 10.7. The maximum atomic E-state index is 12.3. The SMILES string of the molecule is COc1ccc(COC2CN(OC(=O)OC(C)(C)C)CCC2c2ccc(OCCCOCc3ccccc3)cc2)cc1Cl. The third-order valence-corrected chi connectivity index (χ3v) is 7.21. The summed E-state index contributed by atoms with van der Waals surface area (Å²) in [4.78, 5) is 17.9. The van der Waals surface area contributed by atoms with Crippen LogP contribution in [0, 0.1) is 0 Å². The number of hydrogen-bond acceptors (Lipinski definition) is 8. The van der Waals surface area contributed by atoms with Gasteiger partial charge in [-0.15, -0.1) is 5.06 Å². The zero-order valence-electron chi connectivity index (χ0n) is 25.4. The molecule has 3 aromatic carbocycles. The molecule has 43 heavy (non-hydrogen) atoms. The van der Waals surface area contributed by atoms with Crippen LogP contribution in [-0.4, -0.2) is 56.3 Å². The number of methoxy groups -OCH3 is 1. The molecule has 3 aromatic rings. The van der Waals surface area contributed by atoms with Crippen LogP contribution in [0.3, 0.4) is 0 Å². The minimum atomic E-state index is -0.724. The lowest BCUT2D eigenvalue weighted by Crippen LogP contribution is -2.45. The summed E-state index contributed by atoms with van der Waals surface area (Å²) >= 11 is 6.33. The Labute approximate surface area is 259 Å². The smallest absolute Gasteiger partial charge is 0.495 e. The molecule has 1 fully saturated rings. The minimum absolute atomic E-state index is 0.0904. The lowest BCUT2D eigenvalue weighted by molar-refractivity contribution is -0.179. The molecule has 0 bridgehead atoms. The van der Waals surface area contributed by atoms with E-state index < -0.39 is 11.8 Å². The second-order valence-corrected chi connectivity index (χ2v) is 11.9. The van der Waals surface area contributed by atoms with Crippen LogP contribution in [0.4, 0.5) is 4.79 Å². The minimum Gasteiger partial charge on any atom is -0.495 e. The summed E-state index contributed by atoms with van der Waals surface area (Å²) in [6, 6.07) is 23.9. The van der Waals surface area contributed by atoms with Crippen LogP contribution in [0.1, 0.15) is 56.2 Å². The van der Waals surface area contributed by atoms with E-state index in [1.807, 2.05) is 48.5 Å². The van der Waals surface area contributed by atoms with Crippen LogP contribution in [0.25, 0.3) is 0 Å². The van der Waals surface area contributed by atoms with Crippen LogP contribution in [-0.2, 0) is 32.3 Å². The van der Waals surface area contributed by atoms with Crippen molar-refractivity contribution in [2.24, 2.45) is 0 Å². The van der Waals surface area contributed by atoms with Crippen molar-refractivity contribution in [2.45, 2.75) is 64.4 Å². The van der Waals surface area contributed by atoms with Crippen molar-refractivity contribution < 1.29 is 33.3 Å². The predicted molar refractivity (Wildman–Crippen MR) is 165 cm³/mol. The number of carbonyl (C=O) groups excluding carboxylic acids is 1. The second kappa shape index (κ2) is 16.0. The van der Waals surface area contributed by atoms with Gasteiger partial charge in [0.25, 0.3) is 0 Å². The molecule has 0 saturated carbocycles. The molecule has 8 nitrogen and oxygen atoms in total. The number of nitrogens with zero attached hydrogens (tertiary/aromatic N) is 1. The normalized spacial score (nSPS) is 17.3. The first-order chi connectivity index (χ1) is 20.7. The Balaban J connectivity index is 1.33. The summed E-state index contributed by atoms with van der Waals surface area (Å²) in [5.74, 6) is 1.51. The summed E-state index contributed by atoms with van der Waals surface area (Å²) in [5, 5.41) is 2.14. The Hall–Kier alpha value is -3.30. The van der Waals surface area contributed by atoms with E-state index in [0.717, 1.165) is 35.3 Å². The van der Waals surface area contributed by atoms with Gasteiger partial charge in [0.1, 0.15) is 17.1 Å². The quantitative estimate of drug-likeness (QED) is 0.145.